The number of aromatic nitrogens is 1. The zero-order valence-corrected chi connectivity index (χ0v) is 17.3. The summed E-state index contributed by atoms with van der Waals surface area (Å²) in [4.78, 5) is 20.4. The van der Waals surface area contributed by atoms with Gasteiger partial charge in [0.15, 0.2) is 0 Å². The number of carbonyl (C=O) groups is 1. The number of amides is 1. The van der Waals surface area contributed by atoms with Crippen molar-refractivity contribution < 1.29 is 9.21 Å². The lowest BCUT2D eigenvalue weighted by atomic mass is 9.99. The first-order valence-electron chi connectivity index (χ1n) is 9.51. The highest BCUT2D eigenvalue weighted by molar-refractivity contribution is 7.13. The van der Waals surface area contributed by atoms with Crippen molar-refractivity contribution in [2.45, 2.75) is 26.9 Å². The zero-order valence-electron chi connectivity index (χ0n) is 16.5. The number of nitrogens with zero attached hydrogens (tertiary/aromatic N) is 2. The molecule has 0 aliphatic rings. The fourth-order valence-corrected chi connectivity index (χ4v) is 4.31. The SMILES string of the molecule is Cc1nc(C)c(C(=O)N(Cc2ccco2)Cc2ccccc2-c2ccccc2)s1. The molecule has 5 heteroatoms. The van der Waals surface area contributed by atoms with Crippen LogP contribution < -0.4 is 0 Å². The topological polar surface area (TPSA) is 46.3 Å². The van der Waals surface area contributed by atoms with Crippen molar-refractivity contribution >= 4 is 17.2 Å². The third kappa shape index (κ3) is 4.30. The molecule has 29 heavy (non-hydrogen) atoms. The van der Waals surface area contributed by atoms with Gasteiger partial charge in [-0.2, -0.15) is 0 Å². The molecular weight excluding hydrogens is 380 g/mol. The molecule has 0 saturated carbocycles. The van der Waals surface area contributed by atoms with Crippen LogP contribution in [0.2, 0.25) is 0 Å². The predicted octanol–water partition coefficient (Wildman–Crippen LogP) is 5.86. The predicted molar refractivity (Wildman–Crippen MR) is 116 cm³/mol. The van der Waals surface area contributed by atoms with E-state index in [2.05, 4.69) is 29.2 Å². The monoisotopic (exact) mass is 402 g/mol. The average Bonchev–Trinajstić information content (AvgIpc) is 3.37. The first-order valence-corrected chi connectivity index (χ1v) is 10.3. The molecule has 0 fully saturated rings. The molecule has 1 amide bonds. The van der Waals surface area contributed by atoms with Crippen LogP contribution in [0.5, 0.6) is 0 Å². The van der Waals surface area contributed by atoms with Crippen LogP contribution in [0.1, 0.15) is 31.7 Å². The Morgan fingerprint density at radius 3 is 2.41 bits per heavy atom. The van der Waals surface area contributed by atoms with Crippen LogP contribution in [-0.2, 0) is 13.1 Å². The molecule has 0 aliphatic heterocycles. The molecular formula is C24H22N2O2S. The number of aryl methyl sites for hydroxylation is 2. The van der Waals surface area contributed by atoms with E-state index in [-0.39, 0.29) is 5.91 Å². The van der Waals surface area contributed by atoms with Crippen molar-refractivity contribution in [2.75, 3.05) is 0 Å². The van der Waals surface area contributed by atoms with Crippen LogP contribution in [-0.4, -0.2) is 15.8 Å². The highest BCUT2D eigenvalue weighted by Gasteiger charge is 2.23. The van der Waals surface area contributed by atoms with E-state index >= 15 is 0 Å². The maximum atomic E-state index is 13.4. The van der Waals surface area contributed by atoms with Crippen LogP contribution in [0.25, 0.3) is 11.1 Å². The van der Waals surface area contributed by atoms with Crippen LogP contribution in [0.15, 0.2) is 77.4 Å². The summed E-state index contributed by atoms with van der Waals surface area (Å²) in [5.74, 6) is 0.738. The molecule has 4 aromatic rings. The minimum absolute atomic E-state index is 0.0210. The fourth-order valence-electron chi connectivity index (χ4n) is 3.43. The fraction of sp³-hybridized carbons (Fsp3) is 0.167. The van der Waals surface area contributed by atoms with Gasteiger partial charge in [-0.15, -0.1) is 11.3 Å². The van der Waals surface area contributed by atoms with E-state index in [4.69, 9.17) is 4.42 Å². The highest BCUT2D eigenvalue weighted by atomic mass is 32.1. The summed E-state index contributed by atoms with van der Waals surface area (Å²) in [6, 6.07) is 22.2. The molecule has 2 aromatic heterocycles. The van der Waals surface area contributed by atoms with Gasteiger partial charge in [0.2, 0.25) is 0 Å². The Kier molecular flexibility index (Phi) is 5.58. The van der Waals surface area contributed by atoms with Gasteiger partial charge in [-0.1, -0.05) is 54.6 Å². The highest BCUT2D eigenvalue weighted by Crippen LogP contribution is 2.27. The van der Waals surface area contributed by atoms with Crippen molar-refractivity contribution in [1.82, 2.24) is 9.88 Å². The molecule has 0 saturated heterocycles. The van der Waals surface area contributed by atoms with Gasteiger partial charge >= 0.3 is 0 Å². The van der Waals surface area contributed by atoms with Crippen molar-refractivity contribution in [3.05, 3.63) is 99.9 Å². The third-order valence-corrected chi connectivity index (χ3v) is 5.84. The summed E-state index contributed by atoms with van der Waals surface area (Å²) in [6.45, 7) is 4.71. The number of furan rings is 1. The van der Waals surface area contributed by atoms with E-state index in [9.17, 15) is 4.79 Å². The van der Waals surface area contributed by atoms with E-state index < -0.39 is 0 Å². The zero-order chi connectivity index (χ0) is 20.2. The van der Waals surface area contributed by atoms with Gasteiger partial charge in [-0.3, -0.25) is 4.79 Å². The van der Waals surface area contributed by atoms with Gasteiger partial charge in [-0.05, 0) is 42.7 Å². The largest absolute Gasteiger partial charge is 0.467 e. The summed E-state index contributed by atoms with van der Waals surface area (Å²) < 4.78 is 5.53. The molecule has 0 aliphatic carbocycles. The molecule has 0 unspecified atom stereocenters. The number of hydrogen-bond donors (Lipinski definition) is 0. The summed E-state index contributed by atoms with van der Waals surface area (Å²) in [5.41, 5.74) is 4.14. The maximum absolute atomic E-state index is 13.4. The molecule has 2 heterocycles. The summed E-state index contributed by atoms with van der Waals surface area (Å²) in [5, 5.41) is 0.897. The van der Waals surface area contributed by atoms with Crippen molar-refractivity contribution in [1.29, 1.82) is 0 Å². The van der Waals surface area contributed by atoms with Crippen LogP contribution in [0.4, 0.5) is 0 Å². The van der Waals surface area contributed by atoms with Gasteiger partial charge in [0.1, 0.15) is 10.6 Å². The Bertz CT molecular complexity index is 1100. The van der Waals surface area contributed by atoms with Gasteiger partial charge in [-0.25, -0.2) is 4.98 Å². The first-order chi connectivity index (χ1) is 14.1. The second-order valence-corrected chi connectivity index (χ2v) is 8.11. The summed E-state index contributed by atoms with van der Waals surface area (Å²) in [6.07, 6.45) is 1.64. The van der Waals surface area contributed by atoms with Crippen LogP contribution >= 0.6 is 11.3 Å². The molecule has 0 N–H and O–H groups in total. The molecule has 2 aromatic carbocycles. The van der Waals surface area contributed by atoms with E-state index in [0.29, 0.717) is 18.0 Å². The van der Waals surface area contributed by atoms with Gasteiger partial charge in [0, 0.05) is 6.54 Å². The Balaban J connectivity index is 1.70. The molecule has 0 spiro atoms. The number of thiazole rings is 1. The van der Waals surface area contributed by atoms with Crippen molar-refractivity contribution in [3.8, 4) is 11.1 Å². The van der Waals surface area contributed by atoms with Crippen molar-refractivity contribution in [3.63, 3.8) is 0 Å². The Morgan fingerprint density at radius 1 is 0.966 bits per heavy atom. The van der Waals surface area contributed by atoms with Crippen molar-refractivity contribution in [2.24, 2.45) is 0 Å². The number of benzene rings is 2. The maximum Gasteiger partial charge on any atom is 0.266 e. The minimum Gasteiger partial charge on any atom is -0.467 e. The van der Waals surface area contributed by atoms with E-state index in [1.165, 1.54) is 11.3 Å². The molecule has 0 radical (unpaired) electrons. The lowest BCUT2D eigenvalue weighted by Gasteiger charge is -2.23. The number of hydrogen-bond acceptors (Lipinski definition) is 4. The van der Waals surface area contributed by atoms with E-state index in [0.717, 1.165) is 33.2 Å². The minimum atomic E-state index is -0.0210. The van der Waals surface area contributed by atoms with Crippen LogP contribution in [0.3, 0.4) is 0 Å². The first kappa shape index (κ1) is 19.2. The molecule has 4 nitrogen and oxygen atoms in total. The third-order valence-electron chi connectivity index (χ3n) is 4.78. The Labute approximate surface area is 174 Å². The molecule has 4 rings (SSSR count). The summed E-state index contributed by atoms with van der Waals surface area (Å²) in [7, 11) is 0. The van der Waals surface area contributed by atoms with Gasteiger partial charge in [0.05, 0.1) is 23.5 Å². The van der Waals surface area contributed by atoms with Gasteiger partial charge < -0.3 is 9.32 Å². The normalized spacial score (nSPS) is 10.8. The van der Waals surface area contributed by atoms with E-state index in [1.54, 1.807) is 6.26 Å². The Hall–Kier alpha value is -3.18. The second kappa shape index (κ2) is 8.45. The average molecular weight is 403 g/mol. The standard InChI is InChI=1S/C24H22N2O2S/c1-17-23(29-18(2)25-17)24(27)26(16-21-12-8-14-28-21)15-20-11-6-7-13-22(20)19-9-4-3-5-10-19/h3-14H,15-16H2,1-2H3. The quantitative estimate of drug-likeness (QED) is 0.406. The second-order valence-electron chi connectivity index (χ2n) is 6.91. The number of rotatable bonds is 6. The summed E-state index contributed by atoms with van der Waals surface area (Å²) >= 11 is 1.44. The number of carbonyl (C=O) groups excluding carboxylic acids is 1. The van der Waals surface area contributed by atoms with E-state index in [1.807, 2.05) is 61.2 Å². The molecule has 0 atom stereocenters. The lowest BCUT2D eigenvalue weighted by molar-refractivity contribution is 0.0722. The lowest BCUT2D eigenvalue weighted by Crippen LogP contribution is -2.30. The van der Waals surface area contributed by atoms with Crippen LogP contribution in [0, 0.1) is 13.8 Å². The molecule has 146 valence electrons. The Morgan fingerprint density at radius 2 is 1.72 bits per heavy atom. The smallest absolute Gasteiger partial charge is 0.266 e. The van der Waals surface area contributed by atoms with Gasteiger partial charge in [0.25, 0.3) is 5.91 Å². The molecule has 0 bridgehead atoms.